The Hall–Kier alpha value is -0.980. The molecule has 1 fully saturated rings. The van der Waals surface area contributed by atoms with Crippen molar-refractivity contribution in [2.24, 2.45) is 0 Å². The summed E-state index contributed by atoms with van der Waals surface area (Å²) in [5.41, 5.74) is 0.684. The van der Waals surface area contributed by atoms with Crippen LogP contribution in [-0.2, 0) is 9.84 Å². The fraction of sp³-hybridized carbons (Fsp3) is 0.600. The van der Waals surface area contributed by atoms with Gasteiger partial charge in [0, 0.05) is 30.7 Å². The van der Waals surface area contributed by atoms with E-state index in [0.29, 0.717) is 18.5 Å². The highest BCUT2D eigenvalue weighted by Gasteiger charge is 2.27. The minimum Gasteiger partial charge on any atom is -0.312 e. The maximum atomic E-state index is 13.7. The zero-order valence-electron chi connectivity index (χ0n) is 12.5. The van der Waals surface area contributed by atoms with Crippen molar-refractivity contribution in [2.45, 2.75) is 25.4 Å². The molecule has 1 saturated heterocycles. The molecule has 1 aromatic rings. The number of nitrogens with one attached hydrogen (secondary N) is 1. The number of benzene rings is 1. The number of sulfone groups is 1. The quantitative estimate of drug-likeness (QED) is 0.866. The normalized spacial score (nSPS) is 22.6. The molecule has 6 heteroatoms. The lowest BCUT2D eigenvalue weighted by Gasteiger charge is -2.26. The van der Waals surface area contributed by atoms with Gasteiger partial charge in [0.25, 0.3) is 0 Å². The number of rotatable bonds is 6. The molecule has 21 heavy (non-hydrogen) atoms. The van der Waals surface area contributed by atoms with Crippen LogP contribution in [0.1, 0.15) is 24.9 Å². The van der Waals surface area contributed by atoms with Crippen LogP contribution in [0.2, 0.25) is 0 Å². The number of likely N-dealkylation sites (N-methyl/N-ethyl adjacent to an activating group) is 1. The van der Waals surface area contributed by atoms with Crippen LogP contribution >= 0.6 is 0 Å². The summed E-state index contributed by atoms with van der Waals surface area (Å²) in [5.74, 6) is 0.331. The Morgan fingerprint density at radius 3 is 2.76 bits per heavy atom. The third-order valence-corrected chi connectivity index (χ3v) is 5.91. The summed E-state index contributed by atoms with van der Waals surface area (Å²) in [6.45, 7) is 3.42. The van der Waals surface area contributed by atoms with Gasteiger partial charge in [0.2, 0.25) is 0 Å². The van der Waals surface area contributed by atoms with Gasteiger partial charge >= 0.3 is 0 Å². The summed E-state index contributed by atoms with van der Waals surface area (Å²) in [5, 5.41) is 3.27. The van der Waals surface area contributed by atoms with E-state index in [9.17, 15) is 12.8 Å². The van der Waals surface area contributed by atoms with Crippen LogP contribution in [-0.4, -0.2) is 51.0 Å². The van der Waals surface area contributed by atoms with Crippen LogP contribution in [0.15, 0.2) is 24.3 Å². The average Bonchev–Trinajstić information content (AvgIpc) is 2.78. The first-order valence-corrected chi connectivity index (χ1v) is 9.09. The molecule has 2 atom stereocenters. The fourth-order valence-electron chi connectivity index (χ4n) is 2.65. The van der Waals surface area contributed by atoms with E-state index in [1.807, 2.05) is 20.0 Å². The Bertz CT molecular complexity index is 577. The molecule has 0 spiro atoms. The maximum Gasteiger partial charge on any atom is 0.151 e. The van der Waals surface area contributed by atoms with E-state index in [0.717, 1.165) is 6.54 Å². The summed E-state index contributed by atoms with van der Waals surface area (Å²) in [4.78, 5) is 2.06. The number of nitrogens with zero attached hydrogens (tertiary/aromatic N) is 1. The van der Waals surface area contributed by atoms with Crippen LogP contribution < -0.4 is 5.32 Å². The average molecular weight is 314 g/mol. The van der Waals surface area contributed by atoms with Crippen molar-refractivity contribution in [3.8, 4) is 0 Å². The third kappa shape index (κ3) is 4.49. The highest BCUT2D eigenvalue weighted by Crippen LogP contribution is 2.21. The van der Waals surface area contributed by atoms with Gasteiger partial charge in [0.15, 0.2) is 9.84 Å². The summed E-state index contributed by atoms with van der Waals surface area (Å²) >= 11 is 0. The first kappa shape index (κ1) is 16.4. The van der Waals surface area contributed by atoms with Crippen LogP contribution in [0, 0.1) is 5.82 Å². The van der Waals surface area contributed by atoms with Gasteiger partial charge in [-0.2, -0.15) is 0 Å². The fourth-order valence-corrected chi connectivity index (χ4v) is 4.35. The van der Waals surface area contributed by atoms with Gasteiger partial charge in [0.1, 0.15) is 5.82 Å². The van der Waals surface area contributed by atoms with Crippen molar-refractivity contribution < 1.29 is 12.8 Å². The van der Waals surface area contributed by atoms with E-state index in [4.69, 9.17) is 0 Å². The minimum absolute atomic E-state index is 0.0136. The molecule has 0 aliphatic carbocycles. The highest BCUT2D eigenvalue weighted by atomic mass is 32.2. The Labute approximate surface area is 126 Å². The van der Waals surface area contributed by atoms with Crippen LogP contribution in [0.3, 0.4) is 0 Å². The van der Waals surface area contributed by atoms with Crippen molar-refractivity contribution in [2.75, 3.05) is 31.6 Å². The van der Waals surface area contributed by atoms with Crippen LogP contribution in [0.25, 0.3) is 0 Å². The summed E-state index contributed by atoms with van der Waals surface area (Å²) < 4.78 is 36.5. The van der Waals surface area contributed by atoms with Crippen molar-refractivity contribution in [3.63, 3.8) is 0 Å². The molecule has 0 saturated carbocycles. The molecule has 0 aromatic heterocycles. The maximum absolute atomic E-state index is 13.7. The predicted molar refractivity (Wildman–Crippen MR) is 82.5 cm³/mol. The Kier molecular flexibility index (Phi) is 5.35. The van der Waals surface area contributed by atoms with Gasteiger partial charge in [-0.1, -0.05) is 18.2 Å². The molecule has 0 bridgehead atoms. The molecular weight excluding hydrogens is 291 g/mol. The molecule has 0 amide bonds. The van der Waals surface area contributed by atoms with Gasteiger partial charge in [-0.25, -0.2) is 12.8 Å². The largest absolute Gasteiger partial charge is 0.312 e. The zero-order chi connectivity index (χ0) is 15.5. The number of hydrogen-bond donors (Lipinski definition) is 1. The lowest BCUT2D eigenvalue weighted by Crippen LogP contribution is -2.37. The molecule has 1 N–H and O–H groups in total. The lowest BCUT2D eigenvalue weighted by molar-refractivity contribution is 0.253. The summed E-state index contributed by atoms with van der Waals surface area (Å²) in [6.07, 6.45) is 0.689. The van der Waals surface area contributed by atoms with Gasteiger partial charge in [-0.15, -0.1) is 0 Å². The molecule has 2 rings (SSSR count). The second kappa shape index (κ2) is 6.85. The van der Waals surface area contributed by atoms with E-state index in [-0.39, 0.29) is 29.4 Å². The molecule has 118 valence electrons. The Morgan fingerprint density at radius 2 is 2.14 bits per heavy atom. The van der Waals surface area contributed by atoms with Crippen molar-refractivity contribution in [1.29, 1.82) is 0 Å². The minimum atomic E-state index is -2.84. The van der Waals surface area contributed by atoms with Crippen LogP contribution in [0.4, 0.5) is 4.39 Å². The smallest absolute Gasteiger partial charge is 0.151 e. The molecule has 1 aromatic carbocycles. The molecular formula is C15H23FN2O2S. The van der Waals surface area contributed by atoms with E-state index in [1.165, 1.54) is 6.07 Å². The second-order valence-corrected chi connectivity index (χ2v) is 7.96. The zero-order valence-corrected chi connectivity index (χ0v) is 13.4. The first-order valence-electron chi connectivity index (χ1n) is 7.27. The highest BCUT2D eigenvalue weighted by molar-refractivity contribution is 7.91. The monoisotopic (exact) mass is 314 g/mol. The van der Waals surface area contributed by atoms with Gasteiger partial charge in [-0.05, 0) is 26.5 Å². The molecule has 4 nitrogen and oxygen atoms in total. The van der Waals surface area contributed by atoms with Gasteiger partial charge in [0.05, 0.1) is 11.5 Å². The number of hydrogen-bond acceptors (Lipinski definition) is 4. The molecule has 1 aliphatic rings. The van der Waals surface area contributed by atoms with E-state index in [2.05, 4.69) is 10.2 Å². The van der Waals surface area contributed by atoms with E-state index < -0.39 is 9.84 Å². The molecule has 0 radical (unpaired) electrons. The van der Waals surface area contributed by atoms with E-state index in [1.54, 1.807) is 12.1 Å². The van der Waals surface area contributed by atoms with Gasteiger partial charge in [-0.3, -0.25) is 4.90 Å². The van der Waals surface area contributed by atoms with Crippen LogP contribution in [0.5, 0.6) is 0 Å². The standard InChI is InChI=1S/C15H23FN2O2S/c1-12(14-5-3-4-6-15(14)16)18(2)9-8-17-13-7-10-21(19,20)11-13/h3-6,12-13,17H,7-11H2,1-2H3. The molecule has 1 aliphatic heterocycles. The first-order chi connectivity index (χ1) is 9.89. The second-order valence-electron chi connectivity index (χ2n) is 5.73. The van der Waals surface area contributed by atoms with E-state index >= 15 is 0 Å². The summed E-state index contributed by atoms with van der Waals surface area (Å²) in [7, 11) is -0.888. The lowest BCUT2D eigenvalue weighted by atomic mass is 10.1. The summed E-state index contributed by atoms with van der Waals surface area (Å²) in [6, 6.07) is 6.85. The molecule has 2 unspecified atom stereocenters. The Balaban J connectivity index is 1.80. The Morgan fingerprint density at radius 1 is 1.43 bits per heavy atom. The van der Waals surface area contributed by atoms with Crippen molar-refractivity contribution in [3.05, 3.63) is 35.6 Å². The SMILES string of the molecule is CC(c1ccccc1F)N(C)CCNC1CCS(=O)(=O)C1. The van der Waals surface area contributed by atoms with Gasteiger partial charge < -0.3 is 5.32 Å². The molecule has 1 heterocycles. The van der Waals surface area contributed by atoms with Crippen molar-refractivity contribution in [1.82, 2.24) is 10.2 Å². The number of halogens is 1. The predicted octanol–water partition coefficient (Wildman–Crippen LogP) is 1.60. The topological polar surface area (TPSA) is 49.4 Å². The van der Waals surface area contributed by atoms with Crippen molar-refractivity contribution >= 4 is 9.84 Å². The third-order valence-electron chi connectivity index (χ3n) is 4.15.